The van der Waals surface area contributed by atoms with Crippen molar-refractivity contribution in [1.29, 1.82) is 0 Å². The average molecular weight is 303 g/mol. The summed E-state index contributed by atoms with van der Waals surface area (Å²) in [5, 5.41) is 4.64. The first-order valence-electron chi connectivity index (χ1n) is 8.03. The smallest absolute Gasteiger partial charge is 0.0907 e. The number of rotatable bonds is 5. The topological polar surface area (TPSA) is 28.2 Å². The van der Waals surface area contributed by atoms with Crippen LogP contribution in [0.15, 0.2) is 18.2 Å². The van der Waals surface area contributed by atoms with Crippen molar-refractivity contribution in [2.45, 2.75) is 33.2 Å². The summed E-state index contributed by atoms with van der Waals surface area (Å²) in [6, 6.07) is 6.74. The number of aromatic nitrogens is 1. The Morgan fingerprint density at radius 2 is 2.14 bits per heavy atom. The van der Waals surface area contributed by atoms with Gasteiger partial charge in [-0.2, -0.15) is 0 Å². The van der Waals surface area contributed by atoms with E-state index in [0.717, 1.165) is 29.5 Å². The zero-order valence-corrected chi connectivity index (χ0v) is 13.9. The lowest BCUT2D eigenvalue weighted by Gasteiger charge is -2.32. The molecule has 0 amide bonds. The van der Waals surface area contributed by atoms with Gasteiger partial charge in [-0.15, -0.1) is 11.3 Å². The zero-order valence-electron chi connectivity index (χ0n) is 13.1. The number of thiazole rings is 1. The molecule has 2 heterocycles. The van der Waals surface area contributed by atoms with Crippen LogP contribution in [0.4, 0.5) is 0 Å². The molecule has 0 atom stereocenters. The summed E-state index contributed by atoms with van der Waals surface area (Å²) in [6.45, 7) is 10.1. The molecule has 4 heteroatoms. The quantitative estimate of drug-likeness (QED) is 0.917. The van der Waals surface area contributed by atoms with Crippen molar-refractivity contribution in [3.63, 3.8) is 0 Å². The second-order valence-corrected chi connectivity index (χ2v) is 7.30. The van der Waals surface area contributed by atoms with E-state index in [2.05, 4.69) is 47.2 Å². The van der Waals surface area contributed by atoms with Crippen LogP contribution in [0.3, 0.4) is 0 Å². The Morgan fingerprint density at radius 1 is 1.33 bits per heavy atom. The van der Waals surface area contributed by atoms with Crippen molar-refractivity contribution < 1.29 is 0 Å². The standard InChI is InChI=1S/C17H25N3S/c1-3-18-11-14-6-8-20(9-7-14)12-15-4-5-16-17(10-15)21-13(2)19-16/h4-5,10,14,18H,3,6-9,11-12H2,1-2H3. The highest BCUT2D eigenvalue weighted by molar-refractivity contribution is 7.18. The van der Waals surface area contributed by atoms with E-state index in [1.807, 2.05) is 0 Å². The second kappa shape index (κ2) is 6.86. The third kappa shape index (κ3) is 3.82. The fraction of sp³-hybridized carbons (Fsp3) is 0.588. The summed E-state index contributed by atoms with van der Waals surface area (Å²) < 4.78 is 1.33. The van der Waals surface area contributed by atoms with Crippen LogP contribution in [-0.4, -0.2) is 36.1 Å². The lowest BCUT2D eigenvalue weighted by atomic mass is 9.96. The van der Waals surface area contributed by atoms with Crippen LogP contribution in [0.2, 0.25) is 0 Å². The molecule has 21 heavy (non-hydrogen) atoms. The van der Waals surface area contributed by atoms with Gasteiger partial charge in [0.2, 0.25) is 0 Å². The highest BCUT2D eigenvalue weighted by Gasteiger charge is 2.18. The number of fused-ring (bicyclic) bond motifs is 1. The van der Waals surface area contributed by atoms with Crippen LogP contribution in [0.25, 0.3) is 10.2 Å². The van der Waals surface area contributed by atoms with E-state index in [1.54, 1.807) is 11.3 Å². The molecule has 2 aromatic rings. The molecule has 1 aliphatic heterocycles. The molecule has 114 valence electrons. The van der Waals surface area contributed by atoms with E-state index in [-0.39, 0.29) is 0 Å². The summed E-state index contributed by atoms with van der Waals surface area (Å²) >= 11 is 1.80. The molecule has 1 fully saturated rings. The lowest BCUT2D eigenvalue weighted by Crippen LogP contribution is -2.36. The van der Waals surface area contributed by atoms with Gasteiger partial charge in [0, 0.05) is 6.54 Å². The van der Waals surface area contributed by atoms with Gasteiger partial charge in [-0.1, -0.05) is 13.0 Å². The van der Waals surface area contributed by atoms with E-state index < -0.39 is 0 Å². The number of nitrogens with one attached hydrogen (secondary N) is 1. The number of nitrogens with zero attached hydrogens (tertiary/aromatic N) is 2. The maximum Gasteiger partial charge on any atom is 0.0907 e. The van der Waals surface area contributed by atoms with Crippen molar-refractivity contribution in [2.75, 3.05) is 26.2 Å². The van der Waals surface area contributed by atoms with Gasteiger partial charge in [-0.05, 0) is 69.6 Å². The van der Waals surface area contributed by atoms with E-state index in [1.165, 1.54) is 42.7 Å². The first-order chi connectivity index (χ1) is 10.2. The van der Waals surface area contributed by atoms with Crippen molar-refractivity contribution in [3.05, 3.63) is 28.8 Å². The van der Waals surface area contributed by atoms with Gasteiger partial charge in [0.25, 0.3) is 0 Å². The van der Waals surface area contributed by atoms with Crippen LogP contribution >= 0.6 is 11.3 Å². The van der Waals surface area contributed by atoms with Crippen LogP contribution in [0.1, 0.15) is 30.3 Å². The van der Waals surface area contributed by atoms with Crippen LogP contribution < -0.4 is 5.32 Å². The molecule has 0 saturated carbocycles. The predicted molar refractivity (Wildman–Crippen MR) is 90.9 cm³/mol. The normalized spacial score (nSPS) is 17.6. The Kier molecular flexibility index (Phi) is 4.88. The highest BCUT2D eigenvalue weighted by Crippen LogP contribution is 2.24. The maximum atomic E-state index is 4.54. The fourth-order valence-corrected chi connectivity index (χ4v) is 4.03. The Balaban J connectivity index is 1.56. The molecular weight excluding hydrogens is 278 g/mol. The zero-order chi connectivity index (χ0) is 14.7. The average Bonchev–Trinajstić information content (AvgIpc) is 2.86. The van der Waals surface area contributed by atoms with Crippen molar-refractivity contribution >= 4 is 21.6 Å². The van der Waals surface area contributed by atoms with Crippen LogP contribution in [0, 0.1) is 12.8 Å². The number of hydrogen-bond acceptors (Lipinski definition) is 4. The number of piperidine rings is 1. The van der Waals surface area contributed by atoms with E-state index in [4.69, 9.17) is 0 Å². The Labute approximate surface area is 131 Å². The second-order valence-electron chi connectivity index (χ2n) is 6.06. The van der Waals surface area contributed by atoms with E-state index >= 15 is 0 Å². The molecular formula is C17H25N3S. The molecule has 0 unspecified atom stereocenters. The van der Waals surface area contributed by atoms with Crippen LogP contribution in [0.5, 0.6) is 0 Å². The van der Waals surface area contributed by atoms with Gasteiger partial charge >= 0.3 is 0 Å². The van der Waals surface area contributed by atoms with Crippen molar-refractivity contribution in [2.24, 2.45) is 5.92 Å². The Hall–Kier alpha value is -0.970. The highest BCUT2D eigenvalue weighted by atomic mass is 32.1. The maximum absolute atomic E-state index is 4.54. The summed E-state index contributed by atoms with van der Waals surface area (Å²) in [6.07, 6.45) is 2.66. The Morgan fingerprint density at radius 3 is 2.90 bits per heavy atom. The SMILES string of the molecule is CCNCC1CCN(Cc2ccc3nc(C)sc3c2)CC1. The first-order valence-corrected chi connectivity index (χ1v) is 8.85. The van der Waals surface area contributed by atoms with Crippen molar-refractivity contribution in [3.8, 4) is 0 Å². The fourth-order valence-electron chi connectivity index (χ4n) is 3.14. The summed E-state index contributed by atoms with van der Waals surface area (Å²) in [5.41, 5.74) is 2.57. The molecule has 3 nitrogen and oxygen atoms in total. The molecule has 0 spiro atoms. The lowest BCUT2D eigenvalue weighted by molar-refractivity contribution is 0.176. The minimum Gasteiger partial charge on any atom is -0.317 e. The molecule has 0 bridgehead atoms. The molecule has 1 aromatic heterocycles. The number of hydrogen-bond donors (Lipinski definition) is 1. The van der Waals surface area contributed by atoms with E-state index in [9.17, 15) is 0 Å². The minimum absolute atomic E-state index is 0.868. The van der Waals surface area contributed by atoms with Gasteiger partial charge < -0.3 is 5.32 Å². The third-order valence-electron chi connectivity index (χ3n) is 4.36. The minimum atomic E-state index is 0.868. The van der Waals surface area contributed by atoms with Gasteiger partial charge in [-0.25, -0.2) is 4.98 Å². The van der Waals surface area contributed by atoms with Crippen molar-refractivity contribution in [1.82, 2.24) is 15.2 Å². The van der Waals surface area contributed by atoms with E-state index in [0.29, 0.717) is 0 Å². The van der Waals surface area contributed by atoms with Crippen LogP contribution in [-0.2, 0) is 6.54 Å². The molecule has 1 aliphatic rings. The predicted octanol–water partition coefficient (Wildman–Crippen LogP) is 3.43. The monoisotopic (exact) mass is 303 g/mol. The molecule has 1 saturated heterocycles. The number of aryl methyl sites for hydroxylation is 1. The number of benzene rings is 1. The molecule has 0 aliphatic carbocycles. The molecule has 1 N–H and O–H groups in total. The van der Waals surface area contributed by atoms with Gasteiger partial charge in [-0.3, -0.25) is 4.90 Å². The van der Waals surface area contributed by atoms with Gasteiger partial charge in [0.05, 0.1) is 15.2 Å². The van der Waals surface area contributed by atoms with Gasteiger partial charge in [0.1, 0.15) is 0 Å². The molecule has 3 rings (SSSR count). The molecule has 0 radical (unpaired) electrons. The molecule has 1 aromatic carbocycles. The largest absolute Gasteiger partial charge is 0.317 e. The van der Waals surface area contributed by atoms with Gasteiger partial charge in [0.15, 0.2) is 0 Å². The Bertz CT molecular complexity index is 585. The number of likely N-dealkylation sites (tertiary alicyclic amines) is 1. The summed E-state index contributed by atoms with van der Waals surface area (Å²) in [4.78, 5) is 7.13. The third-order valence-corrected chi connectivity index (χ3v) is 5.29. The first kappa shape index (κ1) is 14.9. The summed E-state index contributed by atoms with van der Waals surface area (Å²) in [7, 11) is 0. The summed E-state index contributed by atoms with van der Waals surface area (Å²) in [5.74, 6) is 0.868.